The van der Waals surface area contributed by atoms with E-state index in [0.717, 1.165) is 6.42 Å². The average molecular weight is 325 g/mol. The predicted octanol–water partition coefficient (Wildman–Crippen LogP) is 0.933. The molecular weight excluding hydrogens is 306 g/mol. The summed E-state index contributed by atoms with van der Waals surface area (Å²) in [5.41, 5.74) is 0. The van der Waals surface area contributed by atoms with E-state index in [2.05, 4.69) is 5.32 Å². The van der Waals surface area contributed by atoms with E-state index in [-0.39, 0.29) is 12.2 Å². The van der Waals surface area contributed by atoms with Crippen molar-refractivity contribution >= 4 is 22.7 Å². The van der Waals surface area contributed by atoms with Crippen LogP contribution >= 0.6 is 0 Å². The van der Waals surface area contributed by atoms with Crippen LogP contribution in [-0.2, 0) is 25.1 Å². The van der Waals surface area contributed by atoms with Gasteiger partial charge in [0.05, 0.1) is 10.8 Å². The predicted molar refractivity (Wildman–Crippen MR) is 80.9 cm³/mol. The van der Waals surface area contributed by atoms with Crippen LogP contribution in [0.2, 0.25) is 0 Å². The normalized spacial score (nSPS) is 20.3. The van der Waals surface area contributed by atoms with Crippen LogP contribution in [0.1, 0.15) is 19.3 Å². The largest absolute Gasteiger partial charge is 0.480 e. The molecule has 2 N–H and O–H groups in total. The molecule has 0 aliphatic carbocycles. The fourth-order valence-electron chi connectivity index (χ4n) is 2.22. The van der Waals surface area contributed by atoms with Crippen LogP contribution in [0.25, 0.3) is 0 Å². The second-order valence-electron chi connectivity index (χ2n) is 5.05. The van der Waals surface area contributed by atoms with Crippen molar-refractivity contribution < 1.29 is 23.6 Å². The number of hydrogen-bond donors (Lipinski definition) is 2. The number of carboxylic acid groups (broad SMARTS) is 1. The van der Waals surface area contributed by atoms with Crippen LogP contribution in [0.5, 0.6) is 0 Å². The molecule has 1 aliphatic heterocycles. The van der Waals surface area contributed by atoms with Crippen LogP contribution in [0.15, 0.2) is 35.2 Å². The molecule has 120 valence electrons. The number of rotatable bonds is 7. The molecule has 2 rings (SSSR count). The molecule has 1 fully saturated rings. The molecular formula is C15H19NO5S. The molecule has 3 atom stereocenters. The van der Waals surface area contributed by atoms with E-state index < -0.39 is 34.8 Å². The van der Waals surface area contributed by atoms with E-state index in [4.69, 9.17) is 4.74 Å². The molecule has 1 aromatic carbocycles. The third kappa shape index (κ3) is 4.64. The number of benzene rings is 1. The summed E-state index contributed by atoms with van der Waals surface area (Å²) in [6.45, 7) is 0.522. The minimum absolute atomic E-state index is 0.106. The SMILES string of the molecule is O=C(O)[C@H](CC[S@](=O)c1ccccc1)NC(=O)[C@H]1CCCO1. The number of aliphatic carboxylic acids is 1. The van der Waals surface area contributed by atoms with Crippen molar-refractivity contribution in [1.82, 2.24) is 5.32 Å². The highest BCUT2D eigenvalue weighted by atomic mass is 32.2. The molecule has 0 saturated carbocycles. The fraction of sp³-hybridized carbons (Fsp3) is 0.467. The maximum absolute atomic E-state index is 12.1. The van der Waals surface area contributed by atoms with Crippen LogP contribution in [0, 0.1) is 0 Å². The van der Waals surface area contributed by atoms with Gasteiger partial charge in [-0.2, -0.15) is 0 Å². The molecule has 1 amide bonds. The molecule has 0 bridgehead atoms. The van der Waals surface area contributed by atoms with Crippen molar-refractivity contribution in [3.05, 3.63) is 30.3 Å². The van der Waals surface area contributed by atoms with E-state index in [1.165, 1.54) is 0 Å². The molecule has 0 aromatic heterocycles. The topological polar surface area (TPSA) is 92.7 Å². The summed E-state index contributed by atoms with van der Waals surface area (Å²) in [6.07, 6.45) is 0.943. The monoisotopic (exact) mass is 325 g/mol. The van der Waals surface area contributed by atoms with Crippen molar-refractivity contribution in [2.75, 3.05) is 12.4 Å². The van der Waals surface area contributed by atoms with E-state index in [9.17, 15) is 18.9 Å². The summed E-state index contributed by atoms with van der Waals surface area (Å²) in [6, 6.07) is 7.79. The Morgan fingerprint density at radius 2 is 2.09 bits per heavy atom. The Morgan fingerprint density at radius 1 is 1.36 bits per heavy atom. The fourth-order valence-corrected chi connectivity index (χ4v) is 3.37. The Hall–Kier alpha value is -1.73. The molecule has 0 unspecified atom stereocenters. The number of carboxylic acids is 1. The lowest BCUT2D eigenvalue weighted by Gasteiger charge is -2.17. The lowest BCUT2D eigenvalue weighted by molar-refractivity contribution is -0.143. The molecule has 1 aliphatic rings. The molecule has 6 nitrogen and oxygen atoms in total. The van der Waals surface area contributed by atoms with Crippen molar-refractivity contribution in [2.45, 2.75) is 36.3 Å². The Balaban J connectivity index is 1.87. The lowest BCUT2D eigenvalue weighted by Crippen LogP contribution is -2.45. The van der Waals surface area contributed by atoms with Crippen molar-refractivity contribution in [3.8, 4) is 0 Å². The number of nitrogens with one attached hydrogen (secondary N) is 1. The van der Waals surface area contributed by atoms with Gasteiger partial charge in [0.25, 0.3) is 0 Å². The number of amides is 1. The van der Waals surface area contributed by atoms with Gasteiger partial charge in [0.2, 0.25) is 5.91 Å². The zero-order valence-corrected chi connectivity index (χ0v) is 12.9. The maximum atomic E-state index is 12.1. The van der Waals surface area contributed by atoms with Gasteiger partial charge in [0, 0.05) is 17.3 Å². The first-order valence-electron chi connectivity index (χ1n) is 7.16. The molecule has 1 aromatic rings. The quantitative estimate of drug-likeness (QED) is 0.778. The van der Waals surface area contributed by atoms with Gasteiger partial charge < -0.3 is 15.2 Å². The molecule has 1 heterocycles. The van der Waals surface area contributed by atoms with E-state index in [0.29, 0.717) is 17.9 Å². The van der Waals surface area contributed by atoms with Crippen molar-refractivity contribution in [2.24, 2.45) is 0 Å². The summed E-state index contributed by atoms with van der Waals surface area (Å²) in [5, 5.41) is 11.7. The van der Waals surface area contributed by atoms with Crippen LogP contribution in [0.3, 0.4) is 0 Å². The number of carbonyl (C=O) groups excluding carboxylic acids is 1. The number of hydrogen-bond acceptors (Lipinski definition) is 4. The standard InChI is InChI=1S/C15H19NO5S/c17-14(13-7-4-9-21-13)16-12(15(18)19)8-10-22(20)11-5-2-1-3-6-11/h1-3,5-6,12-13H,4,7-10H2,(H,16,17)(H,18,19)/t12-,13+,22-/m0/s1. The van der Waals surface area contributed by atoms with Gasteiger partial charge in [-0.15, -0.1) is 0 Å². The highest BCUT2D eigenvalue weighted by Gasteiger charge is 2.28. The third-order valence-electron chi connectivity index (χ3n) is 3.43. The molecule has 7 heteroatoms. The zero-order valence-electron chi connectivity index (χ0n) is 12.1. The van der Waals surface area contributed by atoms with Gasteiger partial charge >= 0.3 is 5.97 Å². The third-order valence-corrected chi connectivity index (χ3v) is 4.84. The molecule has 0 radical (unpaired) electrons. The lowest BCUT2D eigenvalue weighted by atomic mass is 10.2. The summed E-state index contributed by atoms with van der Waals surface area (Å²) >= 11 is 0. The Bertz CT molecular complexity index is 542. The van der Waals surface area contributed by atoms with Gasteiger partial charge in [-0.1, -0.05) is 18.2 Å². The van der Waals surface area contributed by atoms with Gasteiger partial charge in [-0.25, -0.2) is 4.79 Å². The number of carbonyl (C=O) groups is 2. The average Bonchev–Trinajstić information content (AvgIpc) is 3.06. The second-order valence-corrected chi connectivity index (χ2v) is 6.62. The van der Waals surface area contributed by atoms with E-state index in [1.807, 2.05) is 6.07 Å². The summed E-state index contributed by atoms with van der Waals surface area (Å²) in [7, 11) is -1.28. The van der Waals surface area contributed by atoms with Gasteiger partial charge in [0.1, 0.15) is 12.1 Å². The van der Waals surface area contributed by atoms with Crippen LogP contribution < -0.4 is 5.32 Å². The molecule has 0 spiro atoms. The first kappa shape index (κ1) is 16.6. The van der Waals surface area contributed by atoms with Gasteiger partial charge in [-0.3, -0.25) is 9.00 Å². The first-order chi connectivity index (χ1) is 10.6. The minimum Gasteiger partial charge on any atom is -0.480 e. The minimum atomic E-state index is -1.28. The summed E-state index contributed by atoms with van der Waals surface area (Å²) in [4.78, 5) is 23.8. The maximum Gasteiger partial charge on any atom is 0.326 e. The first-order valence-corrected chi connectivity index (χ1v) is 8.48. The smallest absolute Gasteiger partial charge is 0.326 e. The highest BCUT2D eigenvalue weighted by molar-refractivity contribution is 7.85. The highest BCUT2D eigenvalue weighted by Crippen LogP contribution is 2.13. The summed E-state index contributed by atoms with van der Waals surface area (Å²) < 4.78 is 17.3. The van der Waals surface area contributed by atoms with Crippen molar-refractivity contribution in [1.29, 1.82) is 0 Å². The van der Waals surface area contributed by atoms with Gasteiger partial charge in [-0.05, 0) is 31.4 Å². The van der Waals surface area contributed by atoms with Gasteiger partial charge in [0.15, 0.2) is 0 Å². The Morgan fingerprint density at radius 3 is 2.68 bits per heavy atom. The molecule has 22 heavy (non-hydrogen) atoms. The van der Waals surface area contributed by atoms with E-state index in [1.54, 1.807) is 24.3 Å². The Kier molecular flexibility index (Phi) is 6.09. The van der Waals surface area contributed by atoms with Crippen LogP contribution in [0.4, 0.5) is 0 Å². The van der Waals surface area contributed by atoms with Crippen molar-refractivity contribution in [3.63, 3.8) is 0 Å². The molecule has 1 saturated heterocycles. The van der Waals surface area contributed by atoms with E-state index >= 15 is 0 Å². The Labute approximate surface area is 131 Å². The number of ether oxygens (including phenoxy) is 1. The van der Waals surface area contributed by atoms with Crippen LogP contribution in [-0.4, -0.2) is 45.7 Å². The summed E-state index contributed by atoms with van der Waals surface area (Å²) in [5.74, 6) is -1.36. The zero-order chi connectivity index (χ0) is 15.9. The second kappa shape index (κ2) is 8.05.